The normalized spacial score (nSPS) is 9.89. The average Bonchev–Trinajstić information content (AvgIpc) is 2.34. The van der Waals surface area contributed by atoms with Crippen molar-refractivity contribution in [1.82, 2.24) is 0 Å². The van der Waals surface area contributed by atoms with Gasteiger partial charge >= 0.3 is 0 Å². The first-order valence-corrected chi connectivity index (χ1v) is 5.64. The molecule has 0 spiro atoms. The molecule has 0 heterocycles. The van der Waals surface area contributed by atoms with Gasteiger partial charge in [-0.15, -0.1) is 0 Å². The quantitative estimate of drug-likeness (QED) is 0.859. The van der Waals surface area contributed by atoms with Crippen molar-refractivity contribution in [3.8, 4) is 6.07 Å². The zero-order valence-electron chi connectivity index (χ0n) is 10.3. The molecule has 0 bridgehead atoms. The molecule has 0 aliphatic carbocycles. The van der Waals surface area contributed by atoms with Gasteiger partial charge in [0.2, 0.25) is 0 Å². The number of rotatable bonds is 2. The lowest BCUT2D eigenvalue weighted by Crippen LogP contribution is -1.96. The van der Waals surface area contributed by atoms with Gasteiger partial charge in [-0.1, -0.05) is 12.1 Å². The van der Waals surface area contributed by atoms with Crippen LogP contribution in [0.15, 0.2) is 36.4 Å². The van der Waals surface area contributed by atoms with Gasteiger partial charge in [0, 0.05) is 5.69 Å². The van der Waals surface area contributed by atoms with Crippen LogP contribution in [0.3, 0.4) is 0 Å². The lowest BCUT2D eigenvalue weighted by atomic mass is 10.1. The molecule has 0 radical (unpaired) electrons. The molecule has 1 N–H and O–H groups in total. The van der Waals surface area contributed by atoms with Gasteiger partial charge in [0.05, 0.1) is 5.69 Å². The van der Waals surface area contributed by atoms with Gasteiger partial charge in [-0.3, -0.25) is 0 Å². The van der Waals surface area contributed by atoms with E-state index in [9.17, 15) is 4.39 Å². The first-order valence-electron chi connectivity index (χ1n) is 5.64. The Bertz CT molecular complexity index is 627. The Morgan fingerprint density at radius 3 is 2.56 bits per heavy atom. The summed E-state index contributed by atoms with van der Waals surface area (Å²) in [4.78, 5) is 0. The number of hydrogen-bond acceptors (Lipinski definition) is 2. The molecule has 0 aromatic heterocycles. The van der Waals surface area contributed by atoms with Crippen molar-refractivity contribution in [2.45, 2.75) is 13.8 Å². The highest BCUT2D eigenvalue weighted by molar-refractivity contribution is 5.67. The third kappa shape index (κ3) is 2.33. The van der Waals surface area contributed by atoms with Crippen molar-refractivity contribution < 1.29 is 4.39 Å². The van der Waals surface area contributed by atoms with Crippen LogP contribution in [0.5, 0.6) is 0 Å². The number of aryl methyl sites for hydroxylation is 2. The molecule has 2 aromatic rings. The van der Waals surface area contributed by atoms with E-state index >= 15 is 0 Å². The molecule has 0 aliphatic rings. The molecule has 0 saturated heterocycles. The van der Waals surface area contributed by atoms with Gasteiger partial charge in [-0.2, -0.15) is 5.26 Å². The first kappa shape index (κ1) is 12.1. The van der Waals surface area contributed by atoms with Gasteiger partial charge in [0.15, 0.2) is 0 Å². The monoisotopic (exact) mass is 240 g/mol. The summed E-state index contributed by atoms with van der Waals surface area (Å²) in [6.45, 7) is 4.04. The molecular weight excluding hydrogens is 227 g/mol. The van der Waals surface area contributed by atoms with E-state index in [-0.39, 0.29) is 5.56 Å². The molecule has 0 saturated carbocycles. The molecule has 3 heteroatoms. The van der Waals surface area contributed by atoms with Gasteiger partial charge in [0.25, 0.3) is 0 Å². The van der Waals surface area contributed by atoms with Crippen LogP contribution in [0.25, 0.3) is 0 Å². The molecular formula is C15H13FN2. The fourth-order valence-electron chi connectivity index (χ4n) is 1.72. The van der Waals surface area contributed by atoms with Crippen LogP contribution in [0.1, 0.15) is 16.7 Å². The van der Waals surface area contributed by atoms with Gasteiger partial charge in [-0.25, -0.2) is 4.39 Å². The van der Waals surface area contributed by atoms with E-state index in [1.807, 2.05) is 38.1 Å². The molecule has 90 valence electrons. The van der Waals surface area contributed by atoms with Crippen molar-refractivity contribution >= 4 is 11.4 Å². The number of benzene rings is 2. The van der Waals surface area contributed by atoms with Crippen LogP contribution in [-0.4, -0.2) is 0 Å². The van der Waals surface area contributed by atoms with E-state index in [0.717, 1.165) is 11.3 Å². The van der Waals surface area contributed by atoms with E-state index < -0.39 is 5.82 Å². The molecule has 2 aromatic carbocycles. The highest BCUT2D eigenvalue weighted by atomic mass is 19.1. The van der Waals surface area contributed by atoms with E-state index in [0.29, 0.717) is 5.69 Å². The SMILES string of the molecule is Cc1ccc(Nc2cccc(F)c2C#N)cc1C. The first-order chi connectivity index (χ1) is 8.61. The third-order valence-electron chi connectivity index (χ3n) is 2.91. The van der Waals surface area contributed by atoms with Crippen molar-refractivity contribution in [3.63, 3.8) is 0 Å². The lowest BCUT2D eigenvalue weighted by molar-refractivity contribution is 0.624. The Hall–Kier alpha value is -2.34. The van der Waals surface area contributed by atoms with Crippen LogP contribution in [0, 0.1) is 31.0 Å². The maximum atomic E-state index is 13.4. The summed E-state index contributed by atoms with van der Waals surface area (Å²) < 4.78 is 13.4. The number of nitrogens with one attached hydrogen (secondary N) is 1. The summed E-state index contributed by atoms with van der Waals surface area (Å²) in [5, 5.41) is 12.0. The molecule has 0 aliphatic heterocycles. The predicted molar refractivity (Wildman–Crippen MR) is 70.3 cm³/mol. The number of nitriles is 1. The largest absolute Gasteiger partial charge is 0.354 e. The number of nitrogens with zero attached hydrogens (tertiary/aromatic N) is 1. The van der Waals surface area contributed by atoms with Crippen molar-refractivity contribution in [2.75, 3.05) is 5.32 Å². The highest BCUT2D eigenvalue weighted by Crippen LogP contribution is 2.23. The summed E-state index contributed by atoms with van der Waals surface area (Å²) in [5.74, 6) is -0.508. The second-order valence-electron chi connectivity index (χ2n) is 4.20. The summed E-state index contributed by atoms with van der Waals surface area (Å²) in [6.07, 6.45) is 0. The highest BCUT2D eigenvalue weighted by Gasteiger charge is 2.07. The lowest BCUT2D eigenvalue weighted by Gasteiger charge is -2.10. The van der Waals surface area contributed by atoms with E-state index in [1.54, 1.807) is 12.1 Å². The minimum Gasteiger partial charge on any atom is -0.354 e. The maximum Gasteiger partial charge on any atom is 0.143 e. The zero-order valence-corrected chi connectivity index (χ0v) is 10.3. The van der Waals surface area contributed by atoms with Crippen LogP contribution in [-0.2, 0) is 0 Å². The Morgan fingerprint density at radius 1 is 1.11 bits per heavy atom. The minimum atomic E-state index is -0.508. The van der Waals surface area contributed by atoms with Gasteiger partial charge < -0.3 is 5.32 Å². The molecule has 18 heavy (non-hydrogen) atoms. The van der Waals surface area contributed by atoms with Crippen molar-refractivity contribution in [2.24, 2.45) is 0 Å². The van der Waals surface area contributed by atoms with Crippen LogP contribution in [0.4, 0.5) is 15.8 Å². The Kier molecular flexibility index (Phi) is 3.29. The second-order valence-corrected chi connectivity index (χ2v) is 4.20. The van der Waals surface area contributed by atoms with E-state index in [2.05, 4.69) is 5.32 Å². The van der Waals surface area contributed by atoms with Crippen LogP contribution < -0.4 is 5.32 Å². The molecule has 2 rings (SSSR count). The number of halogens is 1. The van der Waals surface area contributed by atoms with Crippen molar-refractivity contribution in [1.29, 1.82) is 5.26 Å². The third-order valence-corrected chi connectivity index (χ3v) is 2.91. The zero-order chi connectivity index (χ0) is 13.1. The summed E-state index contributed by atoms with van der Waals surface area (Å²) >= 11 is 0. The Balaban J connectivity index is 2.37. The second kappa shape index (κ2) is 4.89. The van der Waals surface area contributed by atoms with E-state index in [4.69, 9.17) is 5.26 Å². The Labute approximate surface area is 106 Å². The predicted octanol–water partition coefficient (Wildman–Crippen LogP) is 4.06. The van der Waals surface area contributed by atoms with Crippen molar-refractivity contribution in [3.05, 3.63) is 58.9 Å². The molecule has 2 nitrogen and oxygen atoms in total. The smallest absolute Gasteiger partial charge is 0.143 e. The van der Waals surface area contributed by atoms with Gasteiger partial charge in [-0.05, 0) is 49.2 Å². The number of hydrogen-bond donors (Lipinski definition) is 1. The summed E-state index contributed by atoms with van der Waals surface area (Å²) in [7, 11) is 0. The summed E-state index contributed by atoms with van der Waals surface area (Å²) in [5.41, 5.74) is 3.71. The average molecular weight is 240 g/mol. The minimum absolute atomic E-state index is 0.0377. The Morgan fingerprint density at radius 2 is 1.89 bits per heavy atom. The van der Waals surface area contributed by atoms with Crippen LogP contribution >= 0.6 is 0 Å². The topological polar surface area (TPSA) is 35.8 Å². The molecule has 0 atom stereocenters. The van der Waals surface area contributed by atoms with Crippen LogP contribution in [0.2, 0.25) is 0 Å². The standard InChI is InChI=1S/C15H13FN2/c1-10-6-7-12(8-11(10)2)18-15-5-3-4-14(16)13(15)9-17/h3-8,18H,1-2H3. The molecule has 0 unspecified atom stereocenters. The number of anilines is 2. The fraction of sp³-hybridized carbons (Fsp3) is 0.133. The van der Waals surface area contributed by atoms with E-state index in [1.165, 1.54) is 11.6 Å². The fourth-order valence-corrected chi connectivity index (χ4v) is 1.72. The maximum absolute atomic E-state index is 13.4. The molecule has 0 amide bonds. The molecule has 0 fully saturated rings. The summed E-state index contributed by atoms with van der Waals surface area (Å²) in [6, 6.07) is 12.3. The van der Waals surface area contributed by atoms with Gasteiger partial charge in [0.1, 0.15) is 17.4 Å².